The zero-order chi connectivity index (χ0) is 19.4. The highest BCUT2D eigenvalue weighted by Crippen LogP contribution is 2.35. The molecule has 1 aromatic rings. The molecule has 3 rings (SSSR count). The summed E-state index contributed by atoms with van der Waals surface area (Å²) in [5.74, 6) is -0.342. The molecule has 0 radical (unpaired) electrons. The quantitative estimate of drug-likeness (QED) is 0.414. The van der Waals surface area contributed by atoms with E-state index in [1.54, 1.807) is 18.2 Å². The van der Waals surface area contributed by atoms with Gasteiger partial charge < -0.3 is 14.2 Å². The fourth-order valence-electron chi connectivity index (χ4n) is 3.59. The van der Waals surface area contributed by atoms with Crippen molar-refractivity contribution in [2.75, 3.05) is 20.8 Å². The highest BCUT2D eigenvalue weighted by atomic mass is 16.5. The second-order valence-corrected chi connectivity index (χ2v) is 6.55. The zero-order valence-corrected chi connectivity index (χ0v) is 15.5. The average molecular weight is 373 g/mol. The summed E-state index contributed by atoms with van der Waals surface area (Å²) in [4.78, 5) is 38.1. The lowest BCUT2D eigenvalue weighted by molar-refractivity contribution is -0.146. The van der Waals surface area contributed by atoms with Crippen LogP contribution < -0.4 is 9.47 Å². The smallest absolute Gasteiger partial charge is 0.307 e. The SMILES string of the molecule is COc1cccc(COC(=O)CCN2C(=O)[C@H]3CC=CC[C@H]3C2=O)c1OC. The van der Waals surface area contributed by atoms with Gasteiger partial charge in [-0.1, -0.05) is 24.3 Å². The molecule has 0 bridgehead atoms. The number of imide groups is 1. The van der Waals surface area contributed by atoms with E-state index in [0.29, 0.717) is 29.9 Å². The molecule has 2 atom stereocenters. The molecule has 2 amide bonds. The normalized spacial score (nSPS) is 21.2. The van der Waals surface area contributed by atoms with Crippen LogP contribution >= 0.6 is 0 Å². The number of esters is 1. The molecular formula is C20H23NO6. The van der Waals surface area contributed by atoms with Crippen LogP contribution in [0.15, 0.2) is 30.4 Å². The molecule has 0 spiro atoms. The van der Waals surface area contributed by atoms with E-state index in [4.69, 9.17) is 14.2 Å². The number of allylic oxidation sites excluding steroid dienone is 2. The maximum atomic E-state index is 12.4. The lowest BCUT2D eigenvalue weighted by atomic mass is 9.85. The Balaban J connectivity index is 1.54. The summed E-state index contributed by atoms with van der Waals surface area (Å²) >= 11 is 0. The number of nitrogens with zero attached hydrogens (tertiary/aromatic N) is 1. The van der Waals surface area contributed by atoms with Crippen molar-refractivity contribution in [2.45, 2.75) is 25.9 Å². The van der Waals surface area contributed by atoms with Crippen LogP contribution in [-0.4, -0.2) is 43.4 Å². The number of rotatable bonds is 7. The van der Waals surface area contributed by atoms with E-state index in [0.717, 1.165) is 0 Å². The van der Waals surface area contributed by atoms with E-state index in [2.05, 4.69) is 0 Å². The largest absolute Gasteiger partial charge is 0.493 e. The van der Waals surface area contributed by atoms with Gasteiger partial charge in [0.15, 0.2) is 11.5 Å². The monoisotopic (exact) mass is 373 g/mol. The molecule has 27 heavy (non-hydrogen) atoms. The molecule has 1 aliphatic carbocycles. The molecule has 7 nitrogen and oxygen atoms in total. The number of fused-ring (bicyclic) bond motifs is 1. The van der Waals surface area contributed by atoms with E-state index >= 15 is 0 Å². The number of benzene rings is 1. The van der Waals surface area contributed by atoms with E-state index in [1.807, 2.05) is 12.2 Å². The summed E-state index contributed by atoms with van der Waals surface area (Å²) in [5.41, 5.74) is 0.676. The minimum Gasteiger partial charge on any atom is -0.493 e. The van der Waals surface area contributed by atoms with Gasteiger partial charge in [0.25, 0.3) is 0 Å². The number of amides is 2. The van der Waals surface area contributed by atoms with Gasteiger partial charge in [-0.3, -0.25) is 19.3 Å². The molecule has 7 heteroatoms. The first kappa shape index (κ1) is 18.9. The van der Waals surface area contributed by atoms with Crippen LogP contribution in [0.1, 0.15) is 24.8 Å². The van der Waals surface area contributed by atoms with Gasteiger partial charge >= 0.3 is 5.97 Å². The fourth-order valence-corrected chi connectivity index (χ4v) is 3.59. The Morgan fingerprint density at radius 2 is 1.74 bits per heavy atom. The van der Waals surface area contributed by atoms with Gasteiger partial charge in [-0.15, -0.1) is 0 Å². The lowest BCUT2D eigenvalue weighted by Crippen LogP contribution is -2.33. The zero-order valence-electron chi connectivity index (χ0n) is 15.5. The molecule has 1 saturated heterocycles. The lowest BCUT2D eigenvalue weighted by Gasteiger charge is -2.15. The molecule has 0 unspecified atom stereocenters. The standard InChI is InChI=1S/C20H23NO6/c1-25-16-9-5-6-13(18(16)26-2)12-27-17(22)10-11-21-19(23)14-7-3-4-8-15(14)20(21)24/h3-6,9,14-15H,7-8,10-12H2,1-2H3/t14-,15+. The highest BCUT2D eigenvalue weighted by molar-refractivity contribution is 6.05. The van der Waals surface area contributed by atoms with Crippen LogP contribution in [0, 0.1) is 11.8 Å². The molecule has 1 aromatic carbocycles. The van der Waals surface area contributed by atoms with Crippen molar-refractivity contribution in [1.29, 1.82) is 0 Å². The summed E-state index contributed by atoms with van der Waals surface area (Å²) in [5, 5.41) is 0. The molecule has 1 aliphatic heterocycles. The minimum atomic E-state index is -0.478. The van der Waals surface area contributed by atoms with E-state index < -0.39 is 5.97 Å². The second-order valence-electron chi connectivity index (χ2n) is 6.55. The van der Waals surface area contributed by atoms with E-state index in [1.165, 1.54) is 19.1 Å². The maximum Gasteiger partial charge on any atom is 0.307 e. The van der Waals surface area contributed by atoms with Crippen molar-refractivity contribution >= 4 is 17.8 Å². The van der Waals surface area contributed by atoms with Crippen LogP contribution in [0.3, 0.4) is 0 Å². The third-order valence-electron chi connectivity index (χ3n) is 5.01. The molecule has 0 saturated carbocycles. The van der Waals surface area contributed by atoms with Crippen LogP contribution in [0.5, 0.6) is 11.5 Å². The Hall–Kier alpha value is -2.83. The van der Waals surface area contributed by atoms with Gasteiger partial charge in [-0.2, -0.15) is 0 Å². The number of methoxy groups -OCH3 is 2. The Morgan fingerprint density at radius 1 is 1.07 bits per heavy atom. The molecule has 2 aliphatic rings. The Morgan fingerprint density at radius 3 is 2.33 bits per heavy atom. The summed E-state index contributed by atoms with van der Waals surface area (Å²) in [6.07, 6.45) is 5.02. The van der Waals surface area contributed by atoms with E-state index in [9.17, 15) is 14.4 Å². The summed E-state index contributed by atoms with van der Waals surface area (Å²) in [6, 6.07) is 5.31. The van der Waals surface area contributed by atoms with Crippen LogP contribution in [0.2, 0.25) is 0 Å². The number of ether oxygens (including phenoxy) is 3. The first-order chi connectivity index (χ1) is 13.1. The Labute approximate surface area is 157 Å². The molecule has 1 fully saturated rings. The fraction of sp³-hybridized carbons (Fsp3) is 0.450. The predicted molar refractivity (Wildman–Crippen MR) is 96.0 cm³/mol. The van der Waals surface area contributed by atoms with Crippen LogP contribution in [-0.2, 0) is 25.7 Å². The first-order valence-corrected chi connectivity index (χ1v) is 8.92. The summed E-state index contributed by atoms with van der Waals surface area (Å²) in [6.45, 7) is 0.0784. The number of para-hydroxylation sites is 1. The summed E-state index contributed by atoms with van der Waals surface area (Å²) < 4.78 is 15.8. The summed E-state index contributed by atoms with van der Waals surface area (Å²) in [7, 11) is 3.05. The Bertz CT molecular complexity index is 746. The van der Waals surface area contributed by atoms with Gasteiger partial charge in [0.1, 0.15) is 6.61 Å². The van der Waals surface area contributed by atoms with Crippen molar-refractivity contribution in [3.05, 3.63) is 35.9 Å². The molecule has 1 heterocycles. The van der Waals surface area contributed by atoms with E-state index in [-0.39, 0.29) is 43.2 Å². The topological polar surface area (TPSA) is 82.1 Å². The van der Waals surface area contributed by atoms with Crippen molar-refractivity contribution in [3.8, 4) is 11.5 Å². The first-order valence-electron chi connectivity index (χ1n) is 8.92. The van der Waals surface area contributed by atoms with Gasteiger partial charge in [0, 0.05) is 12.1 Å². The molecule has 0 N–H and O–H groups in total. The van der Waals surface area contributed by atoms with Crippen LogP contribution in [0.25, 0.3) is 0 Å². The van der Waals surface area contributed by atoms with Crippen molar-refractivity contribution < 1.29 is 28.6 Å². The second kappa shape index (κ2) is 8.24. The molecular weight excluding hydrogens is 350 g/mol. The van der Waals surface area contributed by atoms with Crippen molar-refractivity contribution in [1.82, 2.24) is 4.90 Å². The number of carbonyl (C=O) groups is 3. The highest BCUT2D eigenvalue weighted by Gasteiger charge is 2.46. The van der Waals surface area contributed by atoms with Crippen molar-refractivity contribution in [2.24, 2.45) is 11.8 Å². The molecule has 144 valence electrons. The van der Waals surface area contributed by atoms with Gasteiger partial charge in [0.2, 0.25) is 11.8 Å². The Kier molecular flexibility index (Phi) is 5.78. The number of likely N-dealkylation sites (tertiary alicyclic amines) is 1. The number of hydrogen-bond donors (Lipinski definition) is 0. The number of carbonyl (C=O) groups excluding carboxylic acids is 3. The maximum absolute atomic E-state index is 12.4. The van der Waals surface area contributed by atoms with Gasteiger partial charge in [0.05, 0.1) is 32.5 Å². The average Bonchev–Trinajstić information content (AvgIpc) is 2.94. The third-order valence-corrected chi connectivity index (χ3v) is 5.01. The van der Waals surface area contributed by atoms with Crippen molar-refractivity contribution in [3.63, 3.8) is 0 Å². The third kappa shape index (κ3) is 3.82. The van der Waals surface area contributed by atoms with Gasteiger partial charge in [-0.25, -0.2) is 0 Å². The van der Waals surface area contributed by atoms with Gasteiger partial charge in [-0.05, 0) is 18.9 Å². The predicted octanol–water partition coefficient (Wildman–Crippen LogP) is 2.09. The number of hydrogen-bond acceptors (Lipinski definition) is 6. The molecule has 0 aromatic heterocycles. The van der Waals surface area contributed by atoms with Crippen LogP contribution in [0.4, 0.5) is 0 Å². The minimum absolute atomic E-state index is 0.0241.